The molecule has 174 valence electrons. The quantitative estimate of drug-likeness (QED) is 0.462. The van der Waals surface area contributed by atoms with Gasteiger partial charge in [0, 0.05) is 16.6 Å². The Morgan fingerprint density at radius 3 is 2.21 bits per heavy atom. The van der Waals surface area contributed by atoms with Gasteiger partial charge in [0.05, 0.1) is 11.8 Å². The molecular weight excluding hydrogens is 492 g/mol. The van der Waals surface area contributed by atoms with Gasteiger partial charge in [-0.2, -0.15) is 0 Å². The molecule has 34 heavy (non-hydrogen) atoms. The third-order valence-corrected chi connectivity index (χ3v) is 9.42. The first kappa shape index (κ1) is 21.8. The lowest BCUT2D eigenvalue weighted by Gasteiger charge is -2.37. The Labute approximate surface area is 207 Å². The second-order valence-corrected chi connectivity index (χ2v) is 11.1. The van der Waals surface area contributed by atoms with Gasteiger partial charge in [0.15, 0.2) is 0 Å². The van der Waals surface area contributed by atoms with E-state index in [0.29, 0.717) is 23.9 Å². The molecule has 3 amide bonds. The van der Waals surface area contributed by atoms with Crippen molar-refractivity contribution < 1.29 is 14.4 Å². The van der Waals surface area contributed by atoms with E-state index in [1.54, 1.807) is 0 Å². The second kappa shape index (κ2) is 7.91. The summed E-state index contributed by atoms with van der Waals surface area (Å²) >= 11 is 3.53. The molecule has 2 bridgehead atoms. The van der Waals surface area contributed by atoms with E-state index in [9.17, 15) is 14.4 Å². The number of imide groups is 1. The van der Waals surface area contributed by atoms with Crippen LogP contribution in [0.1, 0.15) is 23.1 Å². The van der Waals surface area contributed by atoms with Crippen LogP contribution >= 0.6 is 15.9 Å². The molecule has 1 heterocycles. The van der Waals surface area contributed by atoms with Crippen molar-refractivity contribution in [1.82, 2.24) is 4.90 Å². The highest BCUT2D eigenvalue weighted by Crippen LogP contribution is 2.65. The van der Waals surface area contributed by atoms with E-state index in [0.717, 1.165) is 27.6 Å². The Bertz CT molecular complexity index is 1200. The Balaban J connectivity index is 1.34. The minimum absolute atomic E-state index is 0.137. The van der Waals surface area contributed by atoms with Crippen LogP contribution in [-0.4, -0.2) is 28.7 Å². The molecule has 4 aliphatic carbocycles. The summed E-state index contributed by atoms with van der Waals surface area (Å²) in [5.41, 5.74) is 3.61. The molecule has 5 aliphatic rings. The number of rotatable bonds is 5. The predicted octanol–water partition coefficient (Wildman–Crippen LogP) is 4.67. The molecule has 3 fully saturated rings. The highest BCUT2D eigenvalue weighted by molar-refractivity contribution is 9.10. The van der Waals surface area contributed by atoms with Crippen LogP contribution in [0.5, 0.6) is 0 Å². The number of hydrogen-bond donors (Lipinski definition) is 1. The van der Waals surface area contributed by atoms with Crippen molar-refractivity contribution in [3.05, 3.63) is 75.8 Å². The normalized spacial score (nSPS) is 31.3. The second-order valence-electron chi connectivity index (χ2n) is 10.2. The van der Waals surface area contributed by atoms with Crippen molar-refractivity contribution in [3.8, 4) is 0 Å². The molecule has 7 atom stereocenters. The van der Waals surface area contributed by atoms with Gasteiger partial charge in [-0.05, 0) is 72.8 Å². The summed E-state index contributed by atoms with van der Waals surface area (Å²) < 4.78 is 0.972. The summed E-state index contributed by atoms with van der Waals surface area (Å²) in [7, 11) is 0. The van der Waals surface area contributed by atoms with Crippen LogP contribution in [0.3, 0.4) is 0 Å². The Morgan fingerprint density at radius 2 is 1.59 bits per heavy atom. The van der Waals surface area contributed by atoms with Gasteiger partial charge in [0.25, 0.3) is 0 Å². The summed E-state index contributed by atoms with van der Waals surface area (Å²) in [6, 6.07) is 12.5. The fraction of sp³-hybridized carbons (Fsp3) is 0.393. The number of anilines is 1. The first-order valence-electron chi connectivity index (χ1n) is 12.0. The molecule has 0 radical (unpaired) electrons. The number of nitrogens with one attached hydrogen (secondary N) is 1. The molecule has 1 saturated heterocycles. The fourth-order valence-corrected chi connectivity index (χ4v) is 6.99. The van der Waals surface area contributed by atoms with E-state index in [1.807, 2.05) is 56.3 Å². The van der Waals surface area contributed by atoms with Crippen molar-refractivity contribution in [2.24, 2.45) is 35.5 Å². The largest absolute Gasteiger partial charge is 0.324 e. The number of likely N-dealkylation sites (tertiary alicyclic amines) is 1. The monoisotopic (exact) mass is 518 g/mol. The van der Waals surface area contributed by atoms with E-state index >= 15 is 0 Å². The third-order valence-electron chi connectivity index (χ3n) is 8.56. The molecule has 1 N–H and O–H groups in total. The molecule has 7 rings (SSSR count). The van der Waals surface area contributed by atoms with Gasteiger partial charge in [-0.1, -0.05) is 58.4 Å². The van der Waals surface area contributed by atoms with Gasteiger partial charge in [0.1, 0.15) is 6.04 Å². The molecule has 0 aromatic heterocycles. The maximum atomic E-state index is 13.7. The molecule has 1 aliphatic heterocycles. The van der Waals surface area contributed by atoms with Gasteiger partial charge in [-0.15, -0.1) is 0 Å². The number of nitrogens with zero attached hydrogens (tertiary/aromatic N) is 1. The Morgan fingerprint density at radius 1 is 0.971 bits per heavy atom. The van der Waals surface area contributed by atoms with E-state index < -0.39 is 6.04 Å². The zero-order valence-corrected chi connectivity index (χ0v) is 20.8. The van der Waals surface area contributed by atoms with Gasteiger partial charge >= 0.3 is 0 Å². The number of halogens is 1. The van der Waals surface area contributed by atoms with Crippen LogP contribution in [0.4, 0.5) is 5.69 Å². The first-order valence-corrected chi connectivity index (χ1v) is 12.8. The standard InChI is InChI=1S/C28H27BrN2O3/c1-14-15(2)22(11-10-21(14)29)30-26(32)23(12-16-6-4-3-5-7-16)31-27(33)24-17-8-9-18(20-13-19(17)20)25(24)28(31)34/h3-11,17-20,23-25H,12-13H2,1-2H3,(H,30,32)/t17-,18-,19-,20-,23+,24-,25+/m1/s1. The topological polar surface area (TPSA) is 66.5 Å². The lowest BCUT2D eigenvalue weighted by atomic mass is 9.63. The van der Waals surface area contributed by atoms with Crippen molar-refractivity contribution in [2.75, 3.05) is 5.32 Å². The SMILES string of the molecule is Cc1c(Br)ccc(NC(=O)[C@H](Cc2ccccc2)N2C(=O)[C@@H]3[C@@H]4C=C[C@H]([C@H]5C[C@H]45)[C@@H]3C2=O)c1C. The van der Waals surface area contributed by atoms with E-state index in [2.05, 4.69) is 33.4 Å². The molecular formula is C28H27BrN2O3. The molecule has 6 heteroatoms. The average Bonchev–Trinajstić information content (AvgIpc) is 3.62. The van der Waals surface area contributed by atoms with Crippen LogP contribution in [0.2, 0.25) is 0 Å². The number of allylic oxidation sites excluding steroid dienone is 2. The number of benzene rings is 2. The number of carbonyl (C=O) groups excluding carboxylic acids is 3. The zero-order chi connectivity index (χ0) is 23.7. The smallest absolute Gasteiger partial charge is 0.248 e. The Hall–Kier alpha value is -2.73. The van der Waals surface area contributed by atoms with E-state index in [4.69, 9.17) is 0 Å². The lowest BCUT2D eigenvalue weighted by molar-refractivity contribution is -0.146. The number of hydrogen-bond acceptors (Lipinski definition) is 3. The Kier molecular flexibility index (Phi) is 5.07. The summed E-state index contributed by atoms with van der Waals surface area (Å²) in [6.45, 7) is 3.95. The first-order chi connectivity index (χ1) is 16.4. The lowest BCUT2D eigenvalue weighted by Crippen LogP contribution is -2.49. The van der Waals surface area contributed by atoms with Crippen LogP contribution < -0.4 is 5.32 Å². The third kappa shape index (κ3) is 3.22. The summed E-state index contributed by atoms with van der Waals surface area (Å²) in [5, 5.41) is 3.03. The van der Waals surface area contributed by atoms with E-state index in [1.165, 1.54) is 4.90 Å². The van der Waals surface area contributed by atoms with Crippen molar-refractivity contribution in [2.45, 2.75) is 32.7 Å². The van der Waals surface area contributed by atoms with Gasteiger partial charge in [-0.3, -0.25) is 19.3 Å². The van der Waals surface area contributed by atoms with Gasteiger partial charge in [0.2, 0.25) is 17.7 Å². The maximum Gasteiger partial charge on any atom is 0.248 e. The maximum absolute atomic E-state index is 13.7. The van der Waals surface area contributed by atoms with Gasteiger partial charge in [-0.25, -0.2) is 0 Å². The highest BCUT2D eigenvalue weighted by atomic mass is 79.9. The van der Waals surface area contributed by atoms with Crippen LogP contribution in [-0.2, 0) is 20.8 Å². The number of carbonyl (C=O) groups is 3. The van der Waals surface area contributed by atoms with Crippen LogP contribution in [0, 0.1) is 49.4 Å². The minimum Gasteiger partial charge on any atom is -0.324 e. The van der Waals surface area contributed by atoms with Gasteiger partial charge < -0.3 is 5.32 Å². The highest BCUT2D eigenvalue weighted by Gasteiger charge is 2.67. The molecule has 2 aromatic rings. The van der Waals surface area contributed by atoms with Crippen molar-refractivity contribution in [1.29, 1.82) is 0 Å². The summed E-state index contributed by atoms with van der Waals surface area (Å²) in [5.74, 6) is 0.0587. The molecule has 2 aromatic carbocycles. The molecule has 5 nitrogen and oxygen atoms in total. The average molecular weight is 519 g/mol. The summed E-state index contributed by atoms with van der Waals surface area (Å²) in [4.78, 5) is 42.5. The number of amides is 3. The van der Waals surface area contributed by atoms with Crippen molar-refractivity contribution in [3.63, 3.8) is 0 Å². The zero-order valence-electron chi connectivity index (χ0n) is 19.2. The minimum atomic E-state index is -0.882. The fourth-order valence-electron chi connectivity index (χ4n) is 6.56. The van der Waals surface area contributed by atoms with Crippen molar-refractivity contribution >= 4 is 39.3 Å². The molecule has 0 spiro atoms. The van der Waals surface area contributed by atoms with Crippen LogP contribution in [0.15, 0.2) is 59.1 Å². The van der Waals surface area contributed by atoms with Crippen LogP contribution in [0.25, 0.3) is 0 Å². The molecule has 0 unspecified atom stereocenters. The van der Waals surface area contributed by atoms with E-state index in [-0.39, 0.29) is 41.4 Å². The summed E-state index contributed by atoms with van der Waals surface area (Å²) in [6.07, 6.45) is 5.74. The predicted molar refractivity (Wildman–Crippen MR) is 133 cm³/mol. The molecule has 2 saturated carbocycles.